The Hall–Kier alpha value is -1.41. The first-order chi connectivity index (χ1) is 9.88. The number of aromatic nitrogens is 3. The van der Waals surface area contributed by atoms with Crippen LogP contribution in [0, 0.1) is 0 Å². The average molecular weight is 363 g/mol. The van der Waals surface area contributed by atoms with E-state index in [4.69, 9.17) is 5.73 Å². The maximum absolute atomic E-state index is 13.0. The van der Waals surface area contributed by atoms with Crippen LogP contribution < -0.4 is 5.73 Å². The summed E-state index contributed by atoms with van der Waals surface area (Å²) in [6, 6.07) is 4.02. The van der Waals surface area contributed by atoms with Gasteiger partial charge in [-0.05, 0) is 18.6 Å². The molecule has 0 fully saturated rings. The van der Waals surface area contributed by atoms with E-state index in [2.05, 4.69) is 26.1 Å². The van der Waals surface area contributed by atoms with Gasteiger partial charge in [0.25, 0.3) is 0 Å². The number of alkyl halides is 3. The summed E-state index contributed by atoms with van der Waals surface area (Å²) in [5.74, 6) is 0.957. The van der Waals surface area contributed by atoms with Crippen LogP contribution in [0.2, 0.25) is 0 Å². The summed E-state index contributed by atoms with van der Waals surface area (Å²) >= 11 is 2.92. The van der Waals surface area contributed by atoms with Crippen molar-refractivity contribution in [1.29, 1.82) is 0 Å². The van der Waals surface area contributed by atoms with Gasteiger partial charge in [0.15, 0.2) is 5.82 Å². The number of benzene rings is 1. The molecule has 0 spiro atoms. The van der Waals surface area contributed by atoms with Crippen LogP contribution in [0.3, 0.4) is 0 Å². The van der Waals surface area contributed by atoms with Gasteiger partial charge in [-0.1, -0.05) is 28.9 Å². The van der Waals surface area contributed by atoms with Gasteiger partial charge in [0.2, 0.25) is 0 Å². The van der Waals surface area contributed by atoms with Gasteiger partial charge in [0.1, 0.15) is 5.82 Å². The van der Waals surface area contributed by atoms with E-state index in [-0.39, 0.29) is 11.0 Å². The Bertz CT molecular complexity index is 637. The molecule has 0 aliphatic heterocycles. The van der Waals surface area contributed by atoms with Crippen LogP contribution in [0.5, 0.6) is 0 Å². The van der Waals surface area contributed by atoms with Gasteiger partial charge in [0, 0.05) is 16.6 Å². The van der Waals surface area contributed by atoms with E-state index in [0.717, 1.165) is 12.5 Å². The van der Waals surface area contributed by atoms with Crippen molar-refractivity contribution in [2.24, 2.45) is 5.73 Å². The van der Waals surface area contributed by atoms with Crippen LogP contribution in [0.1, 0.15) is 24.7 Å². The molecule has 8 heteroatoms. The molecule has 2 N–H and O–H groups in total. The van der Waals surface area contributed by atoms with Crippen molar-refractivity contribution in [1.82, 2.24) is 14.8 Å². The molecule has 1 aromatic heterocycles. The Morgan fingerprint density at radius 2 is 2.00 bits per heavy atom. The molecule has 1 aromatic carbocycles. The fourth-order valence-electron chi connectivity index (χ4n) is 2.04. The highest BCUT2D eigenvalue weighted by molar-refractivity contribution is 9.10. The van der Waals surface area contributed by atoms with Crippen LogP contribution in [-0.4, -0.2) is 14.8 Å². The third kappa shape index (κ3) is 3.26. The first-order valence-corrected chi connectivity index (χ1v) is 7.17. The number of rotatable bonds is 4. The van der Waals surface area contributed by atoms with Crippen molar-refractivity contribution in [2.45, 2.75) is 32.6 Å². The highest BCUT2D eigenvalue weighted by Gasteiger charge is 2.33. The molecule has 2 aromatic rings. The molecule has 0 radical (unpaired) electrons. The fraction of sp³-hybridized carbons (Fsp3) is 0.385. The van der Waals surface area contributed by atoms with Crippen molar-refractivity contribution in [3.05, 3.63) is 34.1 Å². The predicted molar refractivity (Wildman–Crippen MR) is 76.3 cm³/mol. The molecule has 21 heavy (non-hydrogen) atoms. The van der Waals surface area contributed by atoms with E-state index >= 15 is 0 Å². The summed E-state index contributed by atoms with van der Waals surface area (Å²) in [4.78, 5) is 0. The Morgan fingerprint density at radius 1 is 1.29 bits per heavy atom. The highest BCUT2D eigenvalue weighted by Crippen LogP contribution is 2.37. The van der Waals surface area contributed by atoms with Crippen LogP contribution in [0.25, 0.3) is 11.4 Å². The molecule has 0 aliphatic carbocycles. The number of hydrogen-bond donors (Lipinski definition) is 1. The van der Waals surface area contributed by atoms with Gasteiger partial charge in [-0.25, -0.2) is 0 Å². The Morgan fingerprint density at radius 3 is 2.57 bits per heavy atom. The molecule has 0 amide bonds. The third-order valence-electron chi connectivity index (χ3n) is 2.99. The zero-order valence-electron chi connectivity index (χ0n) is 11.3. The van der Waals surface area contributed by atoms with Crippen molar-refractivity contribution >= 4 is 15.9 Å². The average Bonchev–Trinajstić information content (AvgIpc) is 2.81. The lowest BCUT2D eigenvalue weighted by molar-refractivity contribution is -0.138. The van der Waals surface area contributed by atoms with Gasteiger partial charge in [0.05, 0.1) is 12.1 Å². The van der Waals surface area contributed by atoms with Crippen LogP contribution in [-0.2, 0) is 19.3 Å². The van der Waals surface area contributed by atoms with E-state index in [1.54, 1.807) is 10.6 Å². The summed E-state index contributed by atoms with van der Waals surface area (Å²) in [5, 5.41) is 7.92. The first kappa shape index (κ1) is 16.0. The Balaban J connectivity index is 2.55. The SMILES string of the molecule is CCCn1c(CN)nnc1-c1ccc(Br)c(C(F)(F)F)c1. The summed E-state index contributed by atoms with van der Waals surface area (Å²) < 4.78 is 40.7. The largest absolute Gasteiger partial charge is 0.417 e. The third-order valence-corrected chi connectivity index (χ3v) is 3.68. The quantitative estimate of drug-likeness (QED) is 0.903. The topological polar surface area (TPSA) is 56.7 Å². The lowest BCUT2D eigenvalue weighted by Crippen LogP contribution is -2.10. The Labute approximate surface area is 128 Å². The molecule has 114 valence electrons. The second-order valence-corrected chi connectivity index (χ2v) is 5.34. The van der Waals surface area contributed by atoms with Crippen molar-refractivity contribution in [3.8, 4) is 11.4 Å². The van der Waals surface area contributed by atoms with Gasteiger partial charge < -0.3 is 10.3 Å². The van der Waals surface area contributed by atoms with Gasteiger partial charge in [-0.3, -0.25) is 0 Å². The number of nitrogens with two attached hydrogens (primary N) is 1. The number of hydrogen-bond acceptors (Lipinski definition) is 3. The molecule has 0 atom stereocenters. The molecule has 1 heterocycles. The maximum Gasteiger partial charge on any atom is 0.417 e. The molecule has 4 nitrogen and oxygen atoms in total. The van der Waals surface area contributed by atoms with Gasteiger partial charge in [-0.15, -0.1) is 10.2 Å². The summed E-state index contributed by atoms with van der Waals surface area (Å²) in [5.41, 5.74) is 5.22. The van der Waals surface area contributed by atoms with Gasteiger partial charge in [-0.2, -0.15) is 13.2 Å². The summed E-state index contributed by atoms with van der Waals surface area (Å²) in [7, 11) is 0. The van der Waals surface area contributed by atoms with E-state index < -0.39 is 11.7 Å². The number of nitrogens with zero attached hydrogens (tertiary/aromatic N) is 3. The van der Waals surface area contributed by atoms with E-state index in [1.165, 1.54) is 6.07 Å². The highest BCUT2D eigenvalue weighted by atomic mass is 79.9. The van der Waals surface area contributed by atoms with Gasteiger partial charge >= 0.3 is 6.18 Å². The normalized spacial score (nSPS) is 11.9. The molecule has 0 aliphatic rings. The zero-order valence-corrected chi connectivity index (χ0v) is 12.9. The molecule has 0 saturated heterocycles. The molecule has 2 rings (SSSR count). The van der Waals surface area contributed by atoms with Crippen LogP contribution in [0.4, 0.5) is 13.2 Å². The maximum atomic E-state index is 13.0. The molecule has 0 bridgehead atoms. The zero-order chi connectivity index (χ0) is 15.6. The minimum Gasteiger partial charge on any atom is -0.324 e. The molecular weight excluding hydrogens is 349 g/mol. The Kier molecular flexibility index (Phi) is 4.67. The van der Waals surface area contributed by atoms with Crippen molar-refractivity contribution < 1.29 is 13.2 Å². The standard InChI is InChI=1S/C13H14BrF3N4/c1-2-5-21-11(7-18)19-20-12(21)8-3-4-10(14)9(6-8)13(15,16)17/h3-4,6H,2,5,7,18H2,1H3. The monoisotopic (exact) mass is 362 g/mol. The van der Waals surface area contributed by atoms with E-state index in [0.29, 0.717) is 23.8 Å². The smallest absolute Gasteiger partial charge is 0.324 e. The van der Waals surface area contributed by atoms with Crippen molar-refractivity contribution in [3.63, 3.8) is 0 Å². The van der Waals surface area contributed by atoms with Crippen LogP contribution in [0.15, 0.2) is 22.7 Å². The van der Waals surface area contributed by atoms with Crippen LogP contribution >= 0.6 is 15.9 Å². The minimum atomic E-state index is -4.43. The number of halogens is 4. The van der Waals surface area contributed by atoms with E-state index in [9.17, 15) is 13.2 Å². The molecular formula is C13H14BrF3N4. The predicted octanol–water partition coefficient (Wildman–Crippen LogP) is 3.60. The summed E-state index contributed by atoms with van der Waals surface area (Å²) in [6.07, 6.45) is -3.62. The van der Waals surface area contributed by atoms with Crippen molar-refractivity contribution in [2.75, 3.05) is 0 Å². The molecule has 0 saturated carbocycles. The lowest BCUT2D eigenvalue weighted by atomic mass is 10.1. The second-order valence-electron chi connectivity index (χ2n) is 4.49. The minimum absolute atomic E-state index is 0.000597. The summed E-state index contributed by atoms with van der Waals surface area (Å²) in [6.45, 7) is 2.76. The first-order valence-electron chi connectivity index (χ1n) is 6.37. The fourth-order valence-corrected chi connectivity index (χ4v) is 2.51. The van der Waals surface area contributed by atoms with E-state index in [1.807, 2.05) is 6.92 Å². The second kappa shape index (κ2) is 6.15. The lowest BCUT2D eigenvalue weighted by Gasteiger charge is -2.12. The molecule has 0 unspecified atom stereocenters.